The summed E-state index contributed by atoms with van der Waals surface area (Å²) in [7, 11) is 1.18. The fraction of sp³-hybridized carbons (Fsp3) is 0.864. The summed E-state index contributed by atoms with van der Waals surface area (Å²) in [6.07, 6.45) is 58.2. The number of hydrogen-bond acceptors (Lipinski definition) is 7. The van der Waals surface area contributed by atoms with Gasteiger partial charge in [-0.1, -0.05) is 218 Å². The number of hydrogen-bond donors (Lipinski definition) is 1. The maximum absolute atomic E-state index is 13.4. The van der Waals surface area contributed by atoms with Crippen molar-refractivity contribution in [2.45, 2.75) is 290 Å². The Hall–Kier alpha value is -1.77. The van der Waals surface area contributed by atoms with Crippen LogP contribution in [0.15, 0.2) is 36.5 Å². The normalized spacial score (nSPS) is 14.0. The van der Waals surface area contributed by atoms with E-state index in [0.717, 1.165) is 70.6 Å². The van der Waals surface area contributed by atoms with Gasteiger partial charge in [-0.25, -0.2) is 0 Å². The molecule has 406 valence electrons. The van der Waals surface area contributed by atoms with Crippen molar-refractivity contribution in [1.82, 2.24) is 5.32 Å². The van der Waals surface area contributed by atoms with Crippen molar-refractivity contribution in [3.63, 3.8) is 0 Å². The molecule has 1 amide bonds. The van der Waals surface area contributed by atoms with Crippen LogP contribution in [0.4, 0.5) is 0 Å². The van der Waals surface area contributed by atoms with Crippen molar-refractivity contribution >= 4 is 19.7 Å². The summed E-state index contributed by atoms with van der Waals surface area (Å²) in [5.74, 6) is -0.556. The molecule has 0 aliphatic rings. The fourth-order valence-electron chi connectivity index (χ4n) is 8.45. The molecule has 0 radical (unpaired) electrons. The number of phosphoric acid groups is 1. The van der Waals surface area contributed by atoms with Crippen molar-refractivity contribution in [3.05, 3.63) is 36.5 Å². The minimum Gasteiger partial charge on any atom is -0.756 e. The lowest BCUT2D eigenvalue weighted by Crippen LogP contribution is -2.47. The second-order valence-electron chi connectivity index (χ2n) is 21.1. The Balaban J connectivity index is 5.26. The van der Waals surface area contributed by atoms with Gasteiger partial charge in [0.2, 0.25) is 5.91 Å². The molecule has 0 bridgehead atoms. The van der Waals surface area contributed by atoms with Gasteiger partial charge in [0.25, 0.3) is 7.82 Å². The highest BCUT2D eigenvalue weighted by molar-refractivity contribution is 7.45. The van der Waals surface area contributed by atoms with Gasteiger partial charge >= 0.3 is 5.97 Å². The number of unbranched alkanes of at least 4 members (excludes halogenated alkanes) is 33. The van der Waals surface area contributed by atoms with Gasteiger partial charge in [-0.15, -0.1) is 0 Å². The fourth-order valence-corrected chi connectivity index (χ4v) is 9.18. The standard InChI is InChI=1S/C59H113N2O7P/c1-7-10-13-16-19-22-25-27-28-29-30-31-32-34-37-40-43-46-49-52-59(63)68-57(50-47-44-41-38-35-24-21-18-15-12-9-3)56(55-67-69(64,65)66-54-53-61(4,5)6)60-58(62)51-48-45-42-39-36-33-26-23-20-17-14-11-8-2/h27-28,33,36,47,50,56-57H,7-26,29-32,34-35,37-46,48-49,51-55H2,1-6H3,(H-,60,62,64,65)/b28-27+,36-33-,50-47-. The number of ether oxygens (including phenoxy) is 1. The van der Waals surface area contributed by atoms with Crippen molar-refractivity contribution in [2.24, 2.45) is 0 Å². The lowest BCUT2D eigenvalue weighted by atomic mass is 10.0. The molecule has 3 atom stereocenters. The molecule has 1 N–H and O–H groups in total. The maximum atomic E-state index is 13.4. The molecule has 0 heterocycles. The lowest BCUT2D eigenvalue weighted by molar-refractivity contribution is -0.870. The van der Waals surface area contributed by atoms with E-state index in [1.54, 1.807) is 0 Å². The zero-order chi connectivity index (χ0) is 50.8. The molecule has 0 aliphatic heterocycles. The van der Waals surface area contributed by atoms with Gasteiger partial charge in [0.15, 0.2) is 0 Å². The Morgan fingerprint density at radius 1 is 0.493 bits per heavy atom. The van der Waals surface area contributed by atoms with Crippen LogP contribution in [0.5, 0.6) is 0 Å². The molecule has 0 aliphatic carbocycles. The molecule has 0 aromatic carbocycles. The van der Waals surface area contributed by atoms with E-state index in [2.05, 4.69) is 50.4 Å². The van der Waals surface area contributed by atoms with Crippen molar-refractivity contribution in [2.75, 3.05) is 40.9 Å². The quantitative estimate of drug-likeness (QED) is 0.0212. The Kier molecular flexibility index (Phi) is 48.5. The molecule has 0 spiro atoms. The topological polar surface area (TPSA) is 114 Å². The highest BCUT2D eigenvalue weighted by Crippen LogP contribution is 2.38. The Bertz CT molecular complexity index is 1280. The summed E-state index contributed by atoms with van der Waals surface area (Å²) in [4.78, 5) is 39.8. The van der Waals surface area contributed by atoms with Crippen LogP contribution in [0, 0.1) is 0 Å². The highest BCUT2D eigenvalue weighted by Gasteiger charge is 2.27. The molecule has 10 heteroatoms. The van der Waals surface area contributed by atoms with Gasteiger partial charge in [-0.3, -0.25) is 14.2 Å². The Morgan fingerprint density at radius 2 is 0.841 bits per heavy atom. The van der Waals surface area contributed by atoms with Crippen LogP contribution in [-0.4, -0.2) is 69.4 Å². The van der Waals surface area contributed by atoms with Crippen LogP contribution in [0.3, 0.4) is 0 Å². The number of likely N-dealkylation sites (N-methyl/N-ethyl adjacent to an activating group) is 1. The Labute approximate surface area is 427 Å². The number of amides is 1. The van der Waals surface area contributed by atoms with E-state index < -0.39 is 26.6 Å². The van der Waals surface area contributed by atoms with E-state index in [9.17, 15) is 19.0 Å². The average Bonchev–Trinajstić information content (AvgIpc) is 3.31. The maximum Gasteiger partial charge on any atom is 0.306 e. The first kappa shape index (κ1) is 67.2. The molecule has 0 aromatic rings. The van der Waals surface area contributed by atoms with Crippen molar-refractivity contribution in [1.29, 1.82) is 0 Å². The zero-order valence-electron chi connectivity index (χ0n) is 46.3. The van der Waals surface area contributed by atoms with Gasteiger partial charge < -0.3 is 28.5 Å². The molecular formula is C59H113N2O7P. The molecule has 3 unspecified atom stereocenters. The number of phosphoric ester groups is 1. The Morgan fingerprint density at radius 3 is 1.25 bits per heavy atom. The molecular weight excluding hydrogens is 880 g/mol. The van der Waals surface area contributed by atoms with E-state index in [-0.39, 0.29) is 24.9 Å². The summed E-state index contributed by atoms with van der Waals surface area (Å²) < 4.78 is 30.2. The molecule has 69 heavy (non-hydrogen) atoms. The predicted octanol–water partition coefficient (Wildman–Crippen LogP) is 16.9. The van der Waals surface area contributed by atoms with Crippen LogP contribution in [0.1, 0.15) is 278 Å². The number of allylic oxidation sites excluding steroid dienone is 5. The summed E-state index contributed by atoms with van der Waals surface area (Å²) in [5.41, 5.74) is 0. The molecule has 0 saturated carbocycles. The van der Waals surface area contributed by atoms with Crippen molar-refractivity contribution in [3.8, 4) is 0 Å². The lowest BCUT2D eigenvalue weighted by Gasteiger charge is -2.30. The monoisotopic (exact) mass is 993 g/mol. The average molecular weight is 994 g/mol. The summed E-state index contributed by atoms with van der Waals surface area (Å²) in [6, 6.07) is -0.892. The number of rotatable bonds is 53. The number of carbonyl (C=O) groups excluding carboxylic acids is 2. The number of quaternary nitrogens is 1. The third-order valence-electron chi connectivity index (χ3n) is 13.0. The molecule has 0 rings (SSSR count). The smallest absolute Gasteiger partial charge is 0.306 e. The zero-order valence-corrected chi connectivity index (χ0v) is 47.2. The van der Waals surface area contributed by atoms with Crippen LogP contribution in [0.25, 0.3) is 0 Å². The highest BCUT2D eigenvalue weighted by atomic mass is 31.2. The second kappa shape index (κ2) is 49.8. The first-order valence-electron chi connectivity index (χ1n) is 29.3. The van der Waals surface area contributed by atoms with E-state index in [1.165, 1.54) is 173 Å². The largest absolute Gasteiger partial charge is 0.756 e. The summed E-state index contributed by atoms with van der Waals surface area (Å²) in [6.45, 7) is 6.82. The first-order chi connectivity index (χ1) is 33.4. The van der Waals surface area contributed by atoms with E-state index in [4.69, 9.17) is 13.8 Å². The molecule has 0 saturated heterocycles. The van der Waals surface area contributed by atoms with Gasteiger partial charge in [0.05, 0.1) is 33.8 Å². The van der Waals surface area contributed by atoms with E-state index in [0.29, 0.717) is 17.4 Å². The second-order valence-corrected chi connectivity index (χ2v) is 22.6. The molecule has 0 aromatic heterocycles. The first-order valence-corrected chi connectivity index (χ1v) is 30.8. The van der Waals surface area contributed by atoms with Gasteiger partial charge in [-0.2, -0.15) is 0 Å². The number of nitrogens with one attached hydrogen (secondary N) is 1. The third kappa shape index (κ3) is 51.0. The third-order valence-corrected chi connectivity index (χ3v) is 14.0. The number of esters is 1. The predicted molar refractivity (Wildman–Crippen MR) is 293 cm³/mol. The molecule has 0 fully saturated rings. The van der Waals surface area contributed by atoms with Crippen LogP contribution < -0.4 is 10.2 Å². The van der Waals surface area contributed by atoms with Gasteiger partial charge in [0, 0.05) is 12.8 Å². The molecule has 9 nitrogen and oxygen atoms in total. The van der Waals surface area contributed by atoms with Crippen LogP contribution in [0.2, 0.25) is 0 Å². The van der Waals surface area contributed by atoms with E-state index >= 15 is 0 Å². The van der Waals surface area contributed by atoms with Gasteiger partial charge in [-0.05, 0) is 83.1 Å². The summed E-state index contributed by atoms with van der Waals surface area (Å²) in [5, 5.41) is 3.01. The SMILES string of the molecule is CCCCCCCC/C=C\CCCCCC(=O)NC(COP(=O)([O-])OCC[N+](C)(C)C)C(/C=C\CCCCCCCCCCC)OC(=O)CCCCCCCCCCC/C=C/CCCCCCCC. The van der Waals surface area contributed by atoms with Crippen LogP contribution >= 0.6 is 7.82 Å². The number of nitrogens with zero attached hydrogens (tertiary/aromatic N) is 1. The van der Waals surface area contributed by atoms with E-state index in [1.807, 2.05) is 33.3 Å². The van der Waals surface area contributed by atoms with Crippen molar-refractivity contribution < 1.29 is 37.3 Å². The summed E-state index contributed by atoms with van der Waals surface area (Å²) >= 11 is 0. The van der Waals surface area contributed by atoms with Crippen LogP contribution in [-0.2, 0) is 27.9 Å². The minimum atomic E-state index is -4.69. The number of carbonyl (C=O) groups is 2. The minimum absolute atomic E-state index is 0.0240. The van der Waals surface area contributed by atoms with Gasteiger partial charge in [0.1, 0.15) is 19.3 Å².